The molecule has 1 aromatic heterocycles. The van der Waals surface area contributed by atoms with Crippen LogP contribution in [0.4, 0.5) is 0 Å². The number of rotatable bonds is 1. The van der Waals surface area contributed by atoms with Gasteiger partial charge in [0.05, 0.1) is 0 Å². The molecule has 5 heteroatoms. The molecule has 0 spiro atoms. The molecular formula is C10H16ClN3O. The molecule has 1 N–H and O–H groups in total. The minimum absolute atomic E-state index is 0. The van der Waals surface area contributed by atoms with Gasteiger partial charge in [-0.15, -0.1) is 12.4 Å². The van der Waals surface area contributed by atoms with Crippen LogP contribution in [-0.4, -0.2) is 23.2 Å². The Hall–Kier alpha value is -0.610. The van der Waals surface area contributed by atoms with E-state index in [4.69, 9.17) is 4.52 Å². The molecule has 0 unspecified atom stereocenters. The molecule has 3 atom stereocenters. The van der Waals surface area contributed by atoms with Gasteiger partial charge in [0.2, 0.25) is 5.89 Å². The highest BCUT2D eigenvalue weighted by Gasteiger charge is 2.39. The van der Waals surface area contributed by atoms with E-state index >= 15 is 0 Å². The van der Waals surface area contributed by atoms with Crippen LogP contribution >= 0.6 is 12.4 Å². The van der Waals surface area contributed by atoms with Crippen LogP contribution in [0.25, 0.3) is 0 Å². The summed E-state index contributed by atoms with van der Waals surface area (Å²) in [6.07, 6.45) is 2.47. The summed E-state index contributed by atoms with van der Waals surface area (Å²) in [5.41, 5.74) is 0. The average molecular weight is 230 g/mol. The SMILES string of the molecule is Cc1nc([C@H]2C[C@H]3CNC[C@H]3C2)no1.Cl. The second kappa shape index (κ2) is 4.10. The first-order valence-electron chi connectivity index (χ1n) is 5.34. The molecule has 2 fully saturated rings. The Morgan fingerprint density at radius 2 is 1.93 bits per heavy atom. The van der Waals surface area contributed by atoms with Crippen molar-refractivity contribution in [3.8, 4) is 0 Å². The normalized spacial score (nSPS) is 33.8. The van der Waals surface area contributed by atoms with E-state index in [1.54, 1.807) is 0 Å². The Morgan fingerprint density at radius 1 is 1.27 bits per heavy atom. The van der Waals surface area contributed by atoms with E-state index in [0.717, 1.165) is 17.7 Å². The highest BCUT2D eigenvalue weighted by Crippen LogP contribution is 2.42. The Kier molecular flexibility index (Phi) is 2.98. The molecule has 2 aliphatic rings. The van der Waals surface area contributed by atoms with E-state index < -0.39 is 0 Å². The quantitative estimate of drug-likeness (QED) is 0.793. The first-order chi connectivity index (χ1) is 6.83. The van der Waals surface area contributed by atoms with Crippen LogP contribution < -0.4 is 5.32 Å². The highest BCUT2D eigenvalue weighted by molar-refractivity contribution is 5.85. The predicted octanol–water partition coefficient (Wildman–Crippen LogP) is 1.51. The van der Waals surface area contributed by atoms with Crippen molar-refractivity contribution in [1.82, 2.24) is 15.5 Å². The molecule has 1 aliphatic heterocycles. The van der Waals surface area contributed by atoms with Crippen molar-refractivity contribution < 1.29 is 4.52 Å². The fourth-order valence-corrected chi connectivity index (χ4v) is 2.86. The number of nitrogens with zero attached hydrogens (tertiary/aromatic N) is 2. The molecule has 1 saturated carbocycles. The van der Waals surface area contributed by atoms with Gasteiger partial charge in [-0.05, 0) is 37.8 Å². The summed E-state index contributed by atoms with van der Waals surface area (Å²) in [5, 5.41) is 7.46. The fraction of sp³-hybridized carbons (Fsp3) is 0.800. The van der Waals surface area contributed by atoms with Crippen LogP contribution in [0.3, 0.4) is 0 Å². The van der Waals surface area contributed by atoms with E-state index in [-0.39, 0.29) is 12.4 Å². The van der Waals surface area contributed by atoms with Gasteiger partial charge < -0.3 is 9.84 Å². The molecule has 84 valence electrons. The molecule has 0 radical (unpaired) electrons. The largest absolute Gasteiger partial charge is 0.340 e. The van der Waals surface area contributed by atoms with Crippen molar-refractivity contribution in [3.05, 3.63) is 11.7 Å². The number of aryl methyl sites for hydroxylation is 1. The number of aromatic nitrogens is 2. The summed E-state index contributed by atoms with van der Waals surface area (Å²) < 4.78 is 5.02. The maximum atomic E-state index is 5.02. The average Bonchev–Trinajstić information content (AvgIpc) is 2.75. The van der Waals surface area contributed by atoms with Gasteiger partial charge in [0.1, 0.15) is 0 Å². The van der Waals surface area contributed by atoms with Gasteiger partial charge in [-0.2, -0.15) is 4.98 Å². The lowest BCUT2D eigenvalue weighted by molar-refractivity contribution is 0.381. The van der Waals surface area contributed by atoms with Crippen molar-refractivity contribution >= 4 is 12.4 Å². The topological polar surface area (TPSA) is 51.0 Å². The summed E-state index contributed by atoms with van der Waals surface area (Å²) >= 11 is 0. The van der Waals surface area contributed by atoms with Crippen LogP contribution in [-0.2, 0) is 0 Å². The first kappa shape index (κ1) is 10.9. The van der Waals surface area contributed by atoms with Crippen molar-refractivity contribution in [2.24, 2.45) is 11.8 Å². The van der Waals surface area contributed by atoms with E-state index in [2.05, 4.69) is 15.5 Å². The zero-order valence-electron chi connectivity index (χ0n) is 8.77. The fourth-order valence-electron chi connectivity index (χ4n) is 2.86. The van der Waals surface area contributed by atoms with Crippen LogP contribution in [0.5, 0.6) is 0 Å². The second-order valence-electron chi connectivity index (χ2n) is 4.52. The number of hydrogen-bond acceptors (Lipinski definition) is 4. The molecule has 0 amide bonds. The van der Waals surface area contributed by atoms with Gasteiger partial charge in [0, 0.05) is 12.8 Å². The third-order valence-corrected chi connectivity index (χ3v) is 3.56. The Bertz CT molecular complexity index is 329. The number of halogens is 1. The molecule has 1 saturated heterocycles. The van der Waals surface area contributed by atoms with Gasteiger partial charge in [0.15, 0.2) is 5.82 Å². The molecule has 0 bridgehead atoms. The minimum Gasteiger partial charge on any atom is -0.340 e. The van der Waals surface area contributed by atoms with E-state index in [1.165, 1.54) is 25.9 Å². The summed E-state index contributed by atoms with van der Waals surface area (Å²) in [4.78, 5) is 4.32. The van der Waals surface area contributed by atoms with E-state index in [0.29, 0.717) is 11.8 Å². The number of fused-ring (bicyclic) bond motifs is 1. The lowest BCUT2D eigenvalue weighted by Crippen LogP contribution is -2.11. The van der Waals surface area contributed by atoms with Crippen molar-refractivity contribution in [2.75, 3.05) is 13.1 Å². The Labute approximate surface area is 95.2 Å². The minimum atomic E-state index is 0. The molecule has 0 aromatic carbocycles. The van der Waals surface area contributed by atoms with Crippen molar-refractivity contribution in [1.29, 1.82) is 0 Å². The molecular weight excluding hydrogens is 214 g/mol. The maximum absolute atomic E-state index is 5.02. The van der Waals surface area contributed by atoms with Crippen LogP contribution in [0.1, 0.15) is 30.5 Å². The molecule has 15 heavy (non-hydrogen) atoms. The molecule has 1 aliphatic carbocycles. The first-order valence-corrected chi connectivity index (χ1v) is 5.34. The predicted molar refractivity (Wildman–Crippen MR) is 58.1 cm³/mol. The van der Waals surface area contributed by atoms with Crippen molar-refractivity contribution in [3.63, 3.8) is 0 Å². The van der Waals surface area contributed by atoms with Gasteiger partial charge in [-0.1, -0.05) is 5.16 Å². The Balaban J connectivity index is 0.000000853. The Morgan fingerprint density at radius 3 is 2.47 bits per heavy atom. The summed E-state index contributed by atoms with van der Waals surface area (Å²) in [7, 11) is 0. The molecule has 4 nitrogen and oxygen atoms in total. The summed E-state index contributed by atoms with van der Waals surface area (Å²) in [6.45, 7) is 4.21. The monoisotopic (exact) mass is 229 g/mol. The lowest BCUT2D eigenvalue weighted by atomic mass is 10.0. The molecule has 3 rings (SSSR count). The second-order valence-corrected chi connectivity index (χ2v) is 4.52. The van der Waals surface area contributed by atoms with E-state index in [9.17, 15) is 0 Å². The zero-order chi connectivity index (χ0) is 9.54. The zero-order valence-corrected chi connectivity index (χ0v) is 9.59. The standard InChI is InChI=1S/C10H15N3O.ClH/c1-6-12-10(13-14-6)7-2-8-4-11-5-9(8)3-7;/h7-9,11H,2-5H2,1H3;1H/t7-,8-,9+;. The van der Waals surface area contributed by atoms with Gasteiger partial charge in [0.25, 0.3) is 0 Å². The van der Waals surface area contributed by atoms with Crippen LogP contribution in [0.15, 0.2) is 4.52 Å². The molecule has 2 heterocycles. The van der Waals surface area contributed by atoms with E-state index in [1.807, 2.05) is 6.92 Å². The van der Waals surface area contributed by atoms with Crippen LogP contribution in [0, 0.1) is 18.8 Å². The highest BCUT2D eigenvalue weighted by atomic mass is 35.5. The summed E-state index contributed by atoms with van der Waals surface area (Å²) in [5.74, 6) is 3.86. The number of nitrogens with one attached hydrogen (secondary N) is 1. The van der Waals surface area contributed by atoms with Gasteiger partial charge in [-0.25, -0.2) is 0 Å². The molecule has 1 aromatic rings. The van der Waals surface area contributed by atoms with Crippen molar-refractivity contribution in [2.45, 2.75) is 25.7 Å². The number of hydrogen-bond donors (Lipinski definition) is 1. The lowest BCUT2D eigenvalue weighted by Gasteiger charge is -2.04. The summed E-state index contributed by atoms with van der Waals surface area (Å²) in [6, 6.07) is 0. The third-order valence-electron chi connectivity index (χ3n) is 3.56. The van der Waals surface area contributed by atoms with Gasteiger partial charge in [-0.3, -0.25) is 0 Å². The van der Waals surface area contributed by atoms with Gasteiger partial charge >= 0.3 is 0 Å². The maximum Gasteiger partial charge on any atom is 0.223 e. The van der Waals surface area contributed by atoms with Crippen LogP contribution in [0.2, 0.25) is 0 Å². The smallest absolute Gasteiger partial charge is 0.223 e. The third kappa shape index (κ3) is 1.88.